The third kappa shape index (κ3) is 2.71. The van der Waals surface area contributed by atoms with Gasteiger partial charge in [-0.3, -0.25) is 24.3 Å². The second-order valence-electron chi connectivity index (χ2n) is 8.51. The normalized spacial score (nSPS) is 32.3. The smallest absolute Gasteiger partial charge is 0.256 e. The Kier molecular flexibility index (Phi) is 3.98. The number of aryl methyl sites for hydroxylation is 1. The molecule has 136 valence electrons. The second kappa shape index (κ2) is 5.94. The van der Waals surface area contributed by atoms with Gasteiger partial charge in [-0.25, -0.2) is 0 Å². The van der Waals surface area contributed by atoms with Gasteiger partial charge >= 0.3 is 0 Å². The Morgan fingerprint density at radius 2 is 2.16 bits per heavy atom. The average Bonchev–Trinajstić information content (AvgIpc) is 3.25. The largest absolute Gasteiger partial charge is 0.298 e. The monoisotopic (exact) mass is 343 g/mol. The van der Waals surface area contributed by atoms with Crippen molar-refractivity contribution in [3.8, 4) is 0 Å². The third-order valence-corrected chi connectivity index (χ3v) is 6.11. The standard InChI is InChI=1S/C19H29N5O/c1-13(2)8-24-14(3)21-19(18(24)25)6-5-16-11-23(12-17(16)19)10-15-7-20-22(4)9-15/h7,9,13,16-17H,5-6,8,10-12H2,1-4H3/t16-,17+,19-/m1/s1. The predicted octanol–water partition coefficient (Wildman–Crippen LogP) is 1.92. The molecule has 0 radical (unpaired) electrons. The molecule has 3 atom stereocenters. The van der Waals surface area contributed by atoms with Gasteiger partial charge in [0, 0.05) is 50.9 Å². The minimum Gasteiger partial charge on any atom is -0.298 e. The van der Waals surface area contributed by atoms with Gasteiger partial charge in [-0.15, -0.1) is 0 Å². The van der Waals surface area contributed by atoms with Crippen molar-refractivity contribution < 1.29 is 4.79 Å². The maximum absolute atomic E-state index is 13.3. The number of rotatable bonds is 4. The lowest BCUT2D eigenvalue weighted by Crippen LogP contribution is -2.47. The fourth-order valence-electron chi connectivity index (χ4n) is 5.09. The van der Waals surface area contributed by atoms with Crippen LogP contribution in [0.5, 0.6) is 0 Å². The minimum absolute atomic E-state index is 0.259. The molecule has 0 unspecified atom stereocenters. The first-order valence-corrected chi connectivity index (χ1v) is 9.47. The van der Waals surface area contributed by atoms with E-state index in [1.54, 1.807) is 0 Å². The van der Waals surface area contributed by atoms with Crippen LogP contribution in [0.2, 0.25) is 0 Å². The lowest BCUT2D eigenvalue weighted by Gasteiger charge is -2.28. The van der Waals surface area contributed by atoms with E-state index in [1.165, 1.54) is 5.56 Å². The van der Waals surface area contributed by atoms with Crippen LogP contribution in [0.4, 0.5) is 0 Å². The average molecular weight is 343 g/mol. The molecular formula is C19H29N5O. The van der Waals surface area contributed by atoms with Gasteiger partial charge in [0.05, 0.1) is 6.20 Å². The van der Waals surface area contributed by atoms with Crippen LogP contribution in [-0.4, -0.2) is 56.5 Å². The van der Waals surface area contributed by atoms with Crippen molar-refractivity contribution in [3.05, 3.63) is 18.0 Å². The highest BCUT2D eigenvalue weighted by molar-refractivity contribution is 6.07. The molecule has 0 N–H and O–H groups in total. The fraction of sp³-hybridized carbons (Fsp3) is 0.737. The summed E-state index contributed by atoms with van der Waals surface area (Å²) in [6.07, 6.45) is 6.06. The number of nitrogens with zero attached hydrogens (tertiary/aromatic N) is 5. The molecule has 1 spiro atoms. The topological polar surface area (TPSA) is 53.7 Å². The lowest BCUT2D eigenvalue weighted by atomic mass is 9.85. The van der Waals surface area contributed by atoms with Crippen LogP contribution < -0.4 is 0 Å². The summed E-state index contributed by atoms with van der Waals surface area (Å²) in [5.74, 6) is 2.60. The Labute approximate surface area is 149 Å². The highest BCUT2D eigenvalue weighted by Crippen LogP contribution is 2.50. The van der Waals surface area contributed by atoms with Gasteiger partial charge in [-0.05, 0) is 31.6 Å². The van der Waals surface area contributed by atoms with Crippen LogP contribution in [0, 0.1) is 17.8 Å². The first-order chi connectivity index (χ1) is 11.9. The Morgan fingerprint density at radius 3 is 2.84 bits per heavy atom. The van der Waals surface area contributed by atoms with E-state index in [4.69, 9.17) is 4.99 Å². The van der Waals surface area contributed by atoms with E-state index in [1.807, 2.05) is 29.7 Å². The van der Waals surface area contributed by atoms with Gasteiger partial charge in [0.2, 0.25) is 0 Å². The summed E-state index contributed by atoms with van der Waals surface area (Å²) in [6, 6.07) is 0. The molecule has 1 aliphatic carbocycles. The maximum Gasteiger partial charge on any atom is 0.256 e. The molecule has 25 heavy (non-hydrogen) atoms. The molecule has 1 aromatic heterocycles. The molecule has 6 heteroatoms. The van der Waals surface area contributed by atoms with Crippen molar-refractivity contribution in [1.82, 2.24) is 19.6 Å². The summed E-state index contributed by atoms with van der Waals surface area (Å²) >= 11 is 0. The lowest BCUT2D eigenvalue weighted by molar-refractivity contribution is -0.132. The van der Waals surface area contributed by atoms with E-state index in [9.17, 15) is 4.79 Å². The highest BCUT2D eigenvalue weighted by Gasteiger charge is 2.60. The number of carbonyl (C=O) groups is 1. The van der Waals surface area contributed by atoms with E-state index in [0.29, 0.717) is 17.8 Å². The van der Waals surface area contributed by atoms with Crippen LogP contribution in [-0.2, 0) is 18.4 Å². The number of hydrogen-bond donors (Lipinski definition) is 0. The summed E-state index contributed by atoms with van der Waals surface area (Å²) < 4.78 is 1.85. The van der Waals surface area contributed by atoms with E-state index in [0.717, 1.165) is 44.9 Å². The molecule has 0 bridgehead atoms. The predicted molar refractivity (Wildman–Crippen MR) is 97.1 cm³/mol. The van der Waals surface area contributed by atoms with Gasteiger partial charge in [0.15, 0.2) is 0 Å². The number of likely N-dealkylation sites (tertiary alicyclic amines) is 1. The highest BCUT2D eigenvalue weighted by atomic mass is 16.2. The Bertz CT molecular complexity index is 708. The first kappa shape index (κ1) is 16.8. The van der Waals surface area contributed by atoms with Gasteiger partial charge in [-0.1, -0.05) is 13.8 Å². The number of fused-ring (bicyclic) bond motifs is 2. The van der Waals surface area contributed by atoms with Crippen molar-refractivity contribution in [1.29, 1.82) is 0 Å². The SMILES string of the molecule is CC1=N[C@@]2(CC[C@@H]3CN(Cc4cnn(C)c4)C[C@@H]32)C(=O)N1CC(C)C. The summed E-state index contributed by atoms with van der Waals surface area (Å²) in [5.41, 5.74) is 0.767. The van der Waals surface area contributed by atoms with E-state index >= 15 is 0 Å². The number of amides is 1. The van der Waals surface area contributed by atoms with Crippen molar-refractivity contribution in [2.75, 3.05) is 19.6 Å². The minimum atomic E-state index is -0.479. The molecule has 2 fully saturated rings. The van der Waals surface area contributed by atoms with Gasteiger partial charge in [0.25, 0.3) is 5.91 Å². The fourth-order valence-corrected chi connectivity index (χ4v) is 5.09. The molecule has 2 aliphatic heterocycles. The quantitative estimate of drug-likeness (QED) is 0.839. The van der Waals surface area contributed by atoms with Crippen molar-refractivity contribution >= 4 is 11.7 Å². The van der Waals surface area contributed by atoms with Crippen molar-refractivity contribution in [3.63, 3.8) is 0 Å². The summed E-state index contributed by atoms with van der Waals surface area (Å²) in [4.78, 5) is 22.7. The number of carbonyl (C=O) groups excluding carboxylic acids is 1. The second-order valence-corrected chi connectivity index (χ2v) is 8.51. The molecule has 6 nitrogen and oxygen atoms in total. The van der Waals surface area contributed by atoms with E-state index in [-0.39, 0.29) is 5.91 Å². The Morgan fingerprint density at radius 1 is 1.36 bits per heavy atom. The van der Waals surface area contributed by atoms with E-state index < -0.39 is 5.54 Å². The number of hydrogen-bond acceptors (Lipinski definition) is 4. The van der Waals surface area contributed by atoms with Crippen LogP contribution in [0.15, 0.2) is 17.4 Å². The molecule has 1 saturated heterocycles. The van der Waals surface area contributed by atoms with Crippen LogP contribution >= 0.6 is 0 Å². The summed E-state index contributed by atoms with van der Waals surface area (Å²) in [7, 11) is 1.95. The number of aliphatic imine (C=N–C) groups is 1. The zero-order chi connectivity index (χ0) is 17.8. The van der Waals surface area contributed by atoms with Gasteiger partial charge < -0.3 is 0 Å². The van der Waals surface area contributed by atoms with Crippen LogP contribution in [0.25, 0.3) is 0 Å². The van der Waals surface area contributed by atoms with Crippen LogP contribution in [0.1, 0.15) is 39.2 Å². The molecule has 3 heterocycles. The zero-order valence-electron chi connectivity index (χ0n) is 15.8. The molecule has 4 rings (SSSR count). The number of aromatic nitrogens is 2. The number of amidine groups is 1. The molecule has 3 aliphatic rings. The van der Waals surface area contributed by atoms with Gasteiger partial charge in [-0.2, -0.15) is 5.10 Å². The molecule has 1 amide bonds. The third-order valence-electron chi connectivity index (χ3n) is 6.11. The zero-order valence-corrected chi connectivity index (χ0v) is 15.8. The van der Waals surface area contributed by atoms with Gasteiger partial charge in [0.1, 0.15) is 11.4 Å². The summed E-state index contributed by atoms with van der Waals surface area (Å²) in [5, 5.41) is 4.27. The maximum atomic E-state index is 13.3. The Hall–Kier alpha value is -1.69. The molecule has 1 aromatic rings. The summed E-state index contributed by atoms with van der Waals surface area (Å²) in [6.45, 7) is 10.1. The first-order valence-electron chi connectivity index (χ1n) is 9.47. The van der Waals surface area contributed by atoms with Crippen LogP contribution in [0.3, 0.4) is 0 Å². The molecule has 1 saturated carbocycles. The van der Waals surface area contributed by atoms with E-state index in [2.05, 4.69) is 30.0 Å². The molecule has 0 aromatic carbocycles. The Balaban J connectivity index is 1.51. The van der Waals surface area contributed by atoms with Crippen molar-refractivity contribution in [2.24, 2.45) is 29.8 Å². The molecular weight excluding hydrogens is 314 g/mol. The van der Waals surface area contributed by atoms with Crippen molar-refractivity contribution in [2.45, 2.75) is 45.7 Å².